The SMILES string of the molecule is CCOC(=O)[C@]1(C)CCC[C@@]2(C)[C@@H]3CC[C@@]4(C)C[C@]3(CC[C@@H]21)C[C@H]4OCc1cn(-c2ccc(Cl)cc2)nn1. The summed E-state index contributed by atoms with van der Waals surface area (Å²) in [7, 11) is 0. The predicted octanol–water partition coefficient (Wildman–Crippen LogP) is 7.17. The lowest BCUT2D eigenvalue weighted by atomic mass is 9.40. The number of ether oxygens (including phenoxy) is 2. The summed E-state index contributed by atoms with van der Waals surface area (Å²) in [6, 6.07) is 7.61. The first-order valence-corrected chi connectivity index (χ1v) is 15.0. The number of fused-ring (bicyclic) bond motifs is 3. The topological polar surface area (TPSA) is 66.2 Å². The van der Waals surface area contributed by atoms with Gasteiger partial charge >= 0.3 is 5.97 Å². The third kappa shape index (κ3) is 4.04. The van der Waals surface area contributed by atoms with E-state index in [9.17, 15) is 4.79 Å². The summed E-state index contributed by atoms with van der Waals surface area (Å²) in [5.74, 6) is 1.09. The standard InChI is InChI=1S/C31H42ClN3O3/c1-5-37-27(36)30(4)14-6-13-29(3)24(30)12-16-31-17-26(28(2,20-31)15-11-25(29)31)38-19-22-18-35(34-33-22)23-9-7-21(32)8-10-23/h7-10,18,24-26H,5-6,11-17,19-20H2,1-4H3/t24-,25-,26+,28-,29+,30+,31-/m0/s1. The van der Waals surface area contributed by atoms with E-state index in [0.717, 1.165) is 37.1 Å². The number of carbonyl (C=O) groups is 1. The van der Waals surface area contributed by atoms with Gasteiger partial charge in [-0.15, -0.1) is 5.10 Å². The molecular formula is C31H42ClN3O3. The molecule has 1 aromatic heterocycles. The van der Waals surface area contributed by atoms with Crippen LogP contribution in [0.25, 0.3) is 5.69 Å². The molecule has 206 valence electrons. The van der Waals surface area contributed by atoms with E-state index < -0.39 is 0 Å². The highest BCUT2D eigenvalue weighted by Crippen LogP contribution is 2.74. The fraction of sp³-hybridized carbons (Fsp3) is 0.710. The molecule has 0 saturated heterocycles. The first kappa shape index (κ1) is 26.3. The van der Waals surface area contributed by atoms with Crippen molar-refractivity contribution >= 4 is 17.6 Å². The van der Waals surface area contributed by atoms with Crippen LogP contribution in [0, 0.1) is 33.5 Å². The van der Waals surface area contributed by atoms with Gasteiger partial charge in [0.25, 0.3) is 0 Å². The summed E-state index contributed by atoms with van der Waals surface area (Å²) in [6.45, 7) is 10.1. The number of hydrogen-bond donors (Lipinski definition) is 0. The summed E-state index contributed by atoms with van der Waals surface area (Å²) >= 11 is 6.03. The Balaban J connectivity index is 1.18. The molecule has 0 amide bonds. The van der Waals surface area contributed by atoms with Gasteiger partial charge in [0, 0.05) is 5.02 Å². The zero-order valence-electron chi connectivity index (χ0n) is 23.3. The van der Waals surface area contributed by atoms with Crippen molar-refractivity contribution in [3.8, 4) is 5.69 Å². The third-order valence-corrected chi connectivity index (χ3v) is 11.6. The quantitative estimate of drug-likeness (QED) is 0.364. The molecule has 4 aliphatic rings. The number of benzene rings is 1. The van der Waals surface area contributed by atoms with Gasteiger partial charge < -0.3 is 9.47 Å². The van der Waals surface area contributed by atoms with Crippen LogP contribution in [0.15, 0.2) is 30.5 Å². The van der Waals surface area contributed by atoms with Gasteiger partial charge in [0.2, 0.25) is 0 Å². The molecule has 1 heterocycles. The lowest BCUT2D eigenvalue weighted by Crippen LogP contribution is -2.58. The van der Waals surface area contributed by atoms with E-state index in [1.54, 1.807) is 4.68 Å². The Kier molecular flexibility index (Phi) is 6.46. The highest BCUT2D eigenvalue weighted by atomic mass is 35.5. The smallest absolute Gasteiger partial charge is 0.312 e. The number of esters is 1. The molecule has 1 aromatic carbocycles. The Morgan fingerprint density at radius 3 is 2.61 bits per heavy atom. The second-order valence-corrected chi connectivity index (χ2v) is 13.9. The zero-order valence-corrected chi connectivity index (χ0v) is 24.1. The molecule has 4 fully saturated rings. The third-order valence-electron chi connectivity index (χ3n) is 11.4. The fourth-order valence-corrected chi connectivity index (χ4v) is 9.90. The van der Waals surface area contributed by atoms with Crippen molar-refractivity contribution in [3.63, 3.8) is 0 Å². The predicted molar refractivity (Wildman–Crippen MR) is 147 cm³/mol. The summed E-state index contributed by atoms with van der Waals surface area (Å²) in [4.78, 5) is 13.2. The van der Waals surface area contributed by atoms with Crippen LogP contribution in [0.4, 0.5) is 0 Å². The van der Waals surface area contributed by atoms with Crippen molar-refractivity contribution in [3.05, 3.63) is 41.2 Å². The van der Waals surface area contributed by atoms with E-state index in [2.05, 4.69) is 31.1 Å². The van der Waals surface area contributed by atoms with E-state index in [1.807, 2.05) is 37.4 Å². The van der Waals surface area contributed by atoms with Crippen molar-refractivity contribution in [2.45, 2.75) is 98.2 Å². The number of rotatable bonds is 6. The lowest BCUT2D eigenvalue weighted by molar-refractivity contribution is -0.187. The normalized spacial score (nSPS) is 39.9. The van der Waals surface area contributed by atoms with Crippen molar-refractivity contribution in [2.24, 2.45) is 33.5 Å². The summed E-state index contributed by atoms with van der Waals surface area (Å²) < 4.78 is 14.1. The Morgan fingerprint density at radius 2 is 1.84 bits per heavy atom. The van der Waals surface area contributed by atoms with Crippen LogP contribution >= 0.6 is 11.6 Å². The second kappa shape index (κ2) is 9.33. The molecule has 6 rings (SSSR count). The van der Waals surface area contributed by atoms with Crippen molar-refractivity contribution in [1.82, 2.24) is 15.0 Å². The molecule has 2 aromatic rings. The Bertz CT molecular complexity index is 1200. The zero-order chi connectivity index (χ0) is 26.8. The largest absolute Gasteiger partial charge is 0.466 e. The van der Waals surface area contributed by atoms with Crippen LogP contribution in [-0.4, -0.2) is 33.7 Å². The molecule has 2 bridgehead atoms. The van der Waals surface area contributed by atoms with Crippen LogP contribution < -0.4 is 0 Å². The molecule has 4 saturated carbocycles. The van der Waals surface area contributed by atoms with Gasteiger partial charge in [-0.1, -0.05) is 37.1 Å². The minimum Gasteiger partial charge on any atom is -0.466 e. The Labute approximate surface area is 231 Å². The molecule has 4 aliphatic carbocycles. The summed E-state index contributed by atoms with van der Waals surface area (Å²) in [6.07, 6.45) is 12.6. The number of carbonyl (C=O) groups excluding carboxylic acids is 1. The second-order valence-electron chi connectivity index (χ2n) is 13.5. The molecule has 38 heavy (non-hydrogen) atoms. The highest BCUT2D eigenvalue weighted by molar-refractivity contribution is 6.30. The number of aromatic nitrogens is 3. The molecule has 0 aliphatic heterocycles. The Hall–Kier alpha value is -1.92. The molecule has 6 nitrogen and oxygen atoms in total. The van der Waals surface area contributed by atoms with Gasteiger partial charge in [-0.3, -0.25) is 4.79 Å². The van der Waals surface area contributed by atoms with Crippen LogP contribution in [0.5, 0.6) is 0 Å². The number of hydrogen-bond acceptors (Lipinski definition) is 5. The summed E-state index contributed by atoms with van der Waals surface area (Å²) in [5.41, 5.74) is 2.14. The van der Waals surface area contributed by atoms with Crippen molar-refractivity contribution in [2.75, 3.05) is 6.61 Å². The van der Waals surface area contributed by atoms with Crippen LogP contribution in [-0.2, 0) is 20.9 Å². The van der Waals surface area contributed by atoms with Gasteiger partial charge in [0.05, 0.1) is 36.6 Å². The highest BCUT2D eigenvalue weighted by Gasteiger charge is 2.68. The average Bonchev–Trinajstić information content (AvgIpc) is 3.43. The van der Waals surface area contributed by atoms with Crippen LogP contribution in [0.3, 0.4) is 0 Å². The minimum atomic E-state index is -0.351. The molecule has 0 radical (unpaired) electrons. The van der Waals surface area contributed by atoms with E-state index >= 15 is 0 Å². The van der Waals surface area contributed by atoms with E-state index in [-0.39, 0.29) is 28.3 Å². The van der Waals surface area contributed by atoms with Crippen LogP contribution in [0.1, 0.15) is 91.2 Å². The van der Waals surface area contributed by atoms with Gasteiger partial charge in [0.1, 0.15) is 5.69 Å². The maximum absolute atomic E-state index is 13.2. The van der Waals surface area contributed by atoms with Crippen LogP contribution in [0.2, 0.25) is 5.02 Å². The first-order chi connectivity index (χ1) is 18.1. The molecular weight excluding hydrogens is 498 g/mol. The van der Waals surface area contributed by atoms with Crippen molar-refractivity contribution < 1.29 is 14.3 Å². The molecule has 0 unspecified atom stereocenters. The van der Waals surface area contributed by atoms with E-state index in [1.165, 1.54) is 32.1 Å². The average molecular weight is 540 g/mol. The summed E-state index contributed by atoms with van der Waals surface area (Å²) in [5, 5.41) is 9.40. The monoisotopic (exact) mass is 539 g/mol. The number of nitrogens with zero attached hydrogens (tertiary/aromatic N) is 3. The minimum absolute atomic E-state index is 0.0341. The van der Waals surface area contributed by atoms with Gasteiger partial charge in [-0.05, 0) is 118 Å². The van der Waals surface area contributed by atoms with E-state index in [4.69, 9.17) is 21.1 Å². The van der Waals surface area contributed by atoms with Gasteiger partial charge in [0.15, 0.2) is 0 Å². The van der Waals surface area contributed by atoms with Gasteiger partial charge in [-0.2, -0.15) is 0 Å². The maximum Gasteiger partial charge on any atom is 0.312 e. The molecule has 1 spiro atoms. The maximum atomic E-state index is 13.2. The molecule has 7 atom stereocenters. The Morgan fingerprint density at radius 1 is 1.08 bits per heavy atom. The molecule has 0 N–H and O–H groups in total. The van der Waals surface area contributed by atoms with Gasteiger partial charge in [-0.25, -0.2) is 4.68 Å². The lowest BCUT2D eigenvalue weighted by Gasteiger charge is -2.64. The van der Waals surface area contributed by atoms with Crippen molar-refractivity contribution in [1.29, 1.82) is 0 Å². The van der Waals surface area contributed by atoms with E-state index in [0.29, 0.717) is 35.5 Å². The number of halogens is 1. The fourth-order valence-electron chi connectivity index (χ4n) is 9.78. The first-order valence-electron chi connectivity index (χ1n) is 14.6. The molecule has 7 heteroatoms.